The van der Waals surface area contributed by atoms with Crippen LogP contribution in [0.3, 0.4) is 0 Å². The van der Waals surface area contributed by atoms with E-state index in [2.05, 4.69) is 19.2 Å². The lowest BCUT2D eigenvalue weighted by Crippen LogP contribution is -2.40. The van der Waals surface area contributed by atoms with E-state index in [1.807, 2.05) is 12.1 Å². The van der Waals surface area contributed by atoms with Gasteiger partial charge in [-0.05, 0) is 36.0 Å². The molecule has 1 nitrogen and oxygen atoms in total. The molecule has 1 aromatic rings. The molecule has 17 heavy (non-hydrogen) atoms. The number of hydrogen-bond acceptors (Lipinski definition) is 1. The van der Waals surface area contributed by atoms with Gasteiger partial charge in [0, 0.05) is 12.6 Å². The van der Waals surface area contributed by atoms with Gasteiger partial charge < -0.3 is 5.32 Å². The second-order valence-corrected chi connectivity index (χ2v) is 5.38. The molecular weight excluding hydrogens is 213 g/mol. The number of benzene rings is 1. The maximum atomic E-state index is 12.8. The third kappa shape index (κ3) is 3.29. The number of rotatable bonds is 3. The van der Waals surface area contributed by atoms with Gasteiger partial charge in [-0.15, -0.1) is 0 Å². The lowest BCUT2D eigenvalue weighted by atomic mass is 9.78. The van der Waals surface area contributed by atoms with Crippen LogP contribution in [0.2, 0.25) is 0 Å². The molecule has 0 aliphatic heterocycles. The lowest BCUT2D eigenvalue weighted by Gasteiger charge is -2.34. The van der Waals surface area contributed by atoms with Crippen LogP contribution in [0, 0.1) is 17.7 Å². The molecule has 3 atom stereocenters. The molecule has 0 amide bonds. The summed E-state index contributed by atoms with van der Waals surface area (Å²) in [7, 11) is 0. The Morgan fingerprint density at radius 1 is 1.18 bits per heavy atom. The molecule has 1 aliphatic rings. The van der Waals surface area contributed by atoms with E-state index in [9.17, 15) is 4.39 Å². The lowest BCUT2D eigenvalue weighted by molar-refractivity contribution is 0.206. The first-order chi connectivity index (χ1) is 8.16. The summed E-state index contributed by atoms with van der Waals surface area (Å²) in [5.74, 6) is 1.40. The molecule has 0 spiro atoms. The second kappa shape index (κ2) is 5.63. The van der Waals surface area contributed by atoms with Gasteiger partial charge in [0.2, 0.25) is 0 Å². The Kier molecular flexibility index (Phi) is 4.16. The molecule has 1 fully saturated rings. The van der Waals surface area contributed by atoms with Gasteiger partial charge in [0.15, 0.2) is 0 Å². The molecule has 2 rings (SSSR count). The van der Waals surface area contributed by atoms with Crippen molar-refractivity contribution in [3.63, 3.8) is 0 Å². The van der Waals surface area contributed by atoms with E-state index in [1.165, 1.54) is 31.4 Å². The zero-order chi connectivity index (χ0) is 12.3. The van der Waals surface area contributed by atoms with E-state index >= 15 is 0 Å². The van der Waals surface area contributed by atoms with Crippen molar-refractivity contribution in [2.24, 2.45) is 11.8 Å². The average molecular weight is 235 g/mol. The third-order valence-corrected chi connectivity index (χ3v) is 4.19. The van der Waals surface area contributed by atoms with Crippen molar-refractivity contribution < 1.29 is 4.39 Å². The van der Waals surface area contributed by atoms with Crippen LogP contribution in [0.5, 0.6) is 0 Å². The van der Waals surface area contributed by atoms with E-state index in [-0.39, 0.29) is 5.82 Å². The van der Waals surface area contributed by atoms with Gasteiger partial charge in [0.05, 0.1) is 0 Å². The maximum absolute atomic E-state index is 12.8. The van der Waals surface area contributed by atoms with Crippen LogP contribution in [-0.4, -0.2) is 6.04 Å². The Morgan fingerprint density at radius 3 is 2.59 bits per heavy atom. The van der Waals surface area contributed by atoms with Gasteiger partial charge in [-0.25, -0.2) is 4.39 Å². The number of nitrogens with one attached hydrogen (secondary N) is 1. The molecule has 2 heteroatoms. The van der Waals surface area contributed by atoms with E-state index in [1.54, 1.807) is 0 Å². The average Bonchev–Trinajstić information content (AvgIpc) is 2.33. The van der Waals surface area contributed by atoms with Crippen LogP contribution in [-0.2, 0) is 6.54 Å². The van der Waals surface area contributed by atoms with E-state index in [4.69, 9.17) is 0 Å². The topological polar surface area (TPSA) is 12.0 Å². The first-order valence-corrected chi connectivity index (χ1v) is 6.64. The van der Waals surface area contributed by atoms with Crippen LogP contribution < -0.4 is 5.32 Å². The minimum atomic E-state index is -0.159. The van der Waals surface area contributed by atoms with Gasteiger partial charge in [-0.1, -0.05) is 38.8 Å². The zero-order valence-electron chi connectivity index (χ0n) is 10.7. The fraction of sp³-hybridized carbons (Fsp3) is 0.600. The quantitative estimate of drug-likeness (QED) is 0.841. The van der Waals surface area contributed by atoms with Gasteiger partial charge in [0.1, 0.15) is 5.82 Å². The van der Waals surface area contributed by atoms with Crippen molar-refractivity contribution in [1.82, 2.24) is 5.32 Å². The summed E-state index contributed by atoms with van der Waals surface area (Å²) in [6, 6.07) is 7.40. The second-order valence-electron chi connectivity index (χ2n) is 5.38. The predicted molar refractivity (Wildman–Crippen MR) is 69.2 cm³/mol. The van der Waals surface area contributed by atoms with E-state index < -0.39 is 0 Å². The van der Waals surface area contributed by atoms with Crippen LogP contribution in [0.15, 0.2) is 24.3 Å². The Balaban J connectivity index is 1.87. The van der Waals surface area contributed by atoms with Crippen LogP contribution >= 0.6 is 0 Å². The van der Waals surface area contributed by atoms with Gasteiger partial charge in [-0.2, -0.15) is 0 Å². The van der Waals surface area contributed by atoms with Crippen molar-refractivity contribution in [3.05, 3.63) is 35.6 Å². The molecule has 0 heterocycles. The molecule has 0 radical (unpaired) electrons. The van der Waals surface area contributed by atoms with Gasteiger partial charge >= 0.3 is 0 Å². The summed E-state index contributed by atoms with van der Waals surface area (Å²) >= 11 is 0. The third-order valence-electron chi connectivity index (χ3n) is 4.19. The van der Waals surface area contributed by atoms with Crippen molar-refractivity contribution in [3.8, 4) is 0 Å². The molecule has 0 unspecified atom stereocenters. The molecule has 0 saturated heterocycles. The maximum Gasteiger partial charge on any atom is 0.123 e. The van der Waals surface area contributed by atoms with Crippen molar-refractivity contribution in [2.75, 3.05) is 0 Å². The molecule has 1 N–H and O–H groups in total. The number of halogens is 1. The highest BCUT2D eigenvalue weighted by atomic mass is 19.1. The minimum absolute atomic E-state index is 0.159. The highest BCUT2D eigenvalue weighted by Gasteiger charge is 2.26. The summed E-state index contributed by atoms with van der Waals surface area (Å²) in [4.78, 5) is 0. The normalized spacial score (nSPS) is 29.2. The van der Waals surface area contributed by atoms with Crippen molar-refractivity contribution in [1.29, 1.82) is 0 Å². The Hall–Kier alpha value is -0.890. The predicted octanol–water partition coefficient (Wildman–Crippen LogP) is 3.74. The fourth-order valence-corrected chi connectivity index (χ4v) is 2.72. The zero-order valence-corrected chi connectivity index (χ0v) is 10.7. The SMILES string of the molecule is C[C@H]1[C@@H](NCc2ccc(F)cc2)CCC[C@@H]1C. The molecular formula is C15H22FN. The summed E-state index contributed by atoms with van der Waals surface area (Å²) in [5.41, 5.74) is 1.16. The van der Waals surface area contributed by atoms with Gasteiger partial charge in [-0.3, -0.25) is 0 Å². The fourth-order valence-electron chi connectivity index (χ4n) is 2.72. The van der Waals surface area contributed by atoms with E-state index in [0.717, 1.165) is 23.9 Å². The first kappa shape index (κ1) is 12.6. The molecule has 94 valence electrons. The smallest absolute Gasteiger partial charge is 0.123 e. The standard InChI is InChI=1S/C15H22FN/c1-11-4-3-5-15(12(11)2)17-10-13-6-8-14(16)9-7-13/h6-9,11-12,15,17H,3-5,10H2,1-2H3/t11-,12+,15-/m0/s1. The molecule has 1 aromatic carbocycles. The van der Waals surface area contributed by atoms with Crippen LogP contribution in [0.1, 0.15) is 38.7 Å². The summed E-state index contributed by atoms with van der Waals surface area (Å²) in [6.07, 6.45) is 3.95. The van der Waals surface area contributed by atoms with Crippen LogP contribution in [0.25, 0.3) is 0 Å². The van der Waals surface area contributed by atoms with Crippen molar-refractivity contribution >= 4 is 0 Å². The molecule has 1 saturated carbocycles. The molecule has 1 aliphatic carbocycles. The molecule has 0 bridgehead atoms. The first-order valence-electron chi connectivity index (χ1n) is 6.64. The Bertz CT molecular complexity index is 346. The summed E-state index contributed by atoms with van der Waals surface area (Å²) in [5, 5.41) is 3.62. The van der Waals surface area contributed by atoms with Crippen molar-refractivity contribution in [2.45, 2.75) is 45.7 Å². The largest absolute Gasteiger partial charge is 0.310 e. The summed E-state index contributed by atoms with van der Waals surface area (Å²) in [6.45, 7) is 5.53. The van der Waals surface area contributed by atoms with Crippen LogP contribution in [0.4, 0.5) is 4.39 Å². The highest BCUT2D eigenvalue weighted by Crippen LogP contribution is 2.29. The minimum Gasteiger partial charge on any atom is -0.310 e. The monoisotopic (exact) mass is 235 g/mol. The Labute approximate surface area is 103 Å². The Morgan fingerprint density at radius 2 is 1.88 bits per heavy atom. The van der Waals surface area contributed by atoms with E-state index in [0.29, 0.717) is 6.04 Å². The summed E-state index contributed by atoms with van der Waals surface area (Å²) < 4.78 is 12.8. The highest BCUT2D eigenvalue weighted by molar-refractivity contribution is 5.15. The van der Waals surface area contributed by atoms with Gasteiger partial charge in [0.25, 0.3) is 0 Å². The molecule has 0 aromatic heterocycles. The number of hydrogen-bond donors (Lipinski definition) is 1.